The predicted molar refractivity (Wildman–Crippen MR) is 125 cm³/mol. The third kappa shape index (κ3) is 4.13. The summed E-state index contributed by atoms with van der Waals surface area (Å²) in [4.78, 5) is 32.7. The number of aryl methyl sites for hydroxylation is 1. The molecule has 33 heavy (non-hydrogen) atoms. The third-order valence-electron chi connectivity index (χ3n) is 5.00. The zero-order valence-corrected chi connectivity index (χ0v) is 18.2. The van der Waals surface area contributed by atoms with Gasteiger partial charge in [-0.15, -0.1) is 0 Å². The van der Waals surface area contributed by atoms with E-state index in [1.807, 2.05) is 30.3 Å². The molecule has 0 saturated carbocycles. The molecular weight excluding hydrogens is 442 g/mol. The van der Waals surface area contributed by atoms with Gasteiger partial charge in [0.05, 0.1) is 24.0 Å². The van der Waals surface area contributed by atoms with Gasteiger partial charge >= 0.3 is 0 Å². The summed E-state index contributed by atoms with van der Waals surface area (Å²) in [7, 11) is 0. The molecule has 3 aromatic heterocycles. The van der Waals surface area contributed by atoms with Crippen molar-refractivity contribution in [3.05, 3.63) is 93.5 Å². The Hall–Kier alpha value is -4.24. The molecule has 164 valence electrons. The van der Waals surface area contributed by atoms with Crippen LogP contribution in [0.4, 0.5) is 5.82 Å². The molecule has 10 heteroatoms. The molecule has 2 N–H and O–H groups in total. The summed E-state index contributed by atoms with van der Waals surface area (Å²) in [5.41, 5.74) is 2.22. The van der Waals surface area contributed by atoms with Crippen LogP contribution in [0.15, 0.2) is 71.7 Å². The zero-order valence-electron chi connectivity index (χ0n) is 17.5. The summed E-state index contributed by atoms with van der Waals surface area (Å²) >= 11 is 5.99. The summed E-state index contributed by atoms with van der Waals surface area (Å²) in [5, 5.41) is 12.5. The van der Waals surface area contributed by atoms with E-state index in [0.29, 0.717) is 33.3 Å². The Morgan fingerprint density at radius 2 is 1.85 bits per heavy atom. The van der Waals surface area contributed by atoms with Gasteiger partial charge in [-0.25, -0.2) is 4.68 Å². The van der Waals surface area contributed by atoms with Crippen LogP contribution in [-0.2, 0) is 11.2 Å². The Labute approximate surface area is 192 Å². The number of carbonyl (C=O) groups excluding carboxylic acids is 1. The molecule has 1 amide bonds. The van der Waals surface area contributed by atoms with Crippen LogP contribution in [0, 0.1) is 6.92 Å². The fraction of sp³-hybridized carbons (Fsp3) is 0.0870. The Morgan fingerprint density at radius 3 is 2.61 bits per heavy atom. The van der Waals surface area contributed by atoms with Crippen molar-refractivity contribution in [1.29, 1.82) is 0 Å². The number of hydrogen-bond donors (Lipinski definition) is 2. The number of fused-ring (bicyclic) bond motifs is 1. The minimum Gasteiger partial charge on any atom is -0.310 e. The van der Waals surface area contributed by atoms with E-state index in [1.54, 1.807) is 41.9 Å². The molecule has 5 rings (SSSR count). The molecule has 0 bridgehead atoms. The van der Waals surface area contributed by atoms with Gasteiger partial charge in [0.15, 0.2) is 5.65 Å². The summed E-state index contributed by atoms with van der Waals surface area (Å²) in [6.07, 6.45) is 1.66. The Balaban J connectivity index is 1.53. The largest absolute Gasteiger partial charge is 0.310 e. The molecule has 3 heterocycles. The molecule has 0 spiro atoms. The number of H-pyrrole nitrogens is 1. The van der Waals surface area contributed by atoms with Crippen LogP contribution in [0.3, 0.4) is 0 Å². The number of anilines is 1. The van der Waals surface area contributed by atoms with Crippen LogP contribution in [0.2, 0.25) is 5.02 Å². The van der Waals surface area contributed by atoms with Crippen molar-refractivity contribution in [2.24, 2.45) is 0 Å². The lowest BCUT2D eigenvalue weighted by Gasteiger charge is -2.09. The molecule has 2 aromatic carbocycles. The number of rotatable bonds is 5. The molecule has 0 atom stereocenters. The first-order valence-electron chi connectivity index (χ1n) is 10.1. The second-order valence-electron chi connectivity index (χ2n) is 7.45. The first-order chi connectivity index (χ1) is 16.0. The maximum atomic E-state index is 12.8. The topological polar surface area (TPSA) is 110 Å². The molecular formula is C23H18ClN7O2. The van der Waals surface area contributed by atoms with Gasteiger partial charge in [-0.3, -0.25) is 14.6 Å². The SMILES string of the molecule is Cc1cc(NC(=O)Cc2ccccc2)n(-c2nc3c(cnn3-c3ccc(Cl)cc3)c(=O)[nH]2)n1. The van der Waals surface area contributed by atoms with E-state index in [0.717, 1.165) is 5.56 Å². The highest BCUT2D eigenvalue weighted by Crippen LogP contribution is 2.19. The van der Waals surface area contributed by atoms with Gasteiger partial charge in [0.1, 0.15) is 11.2 Å². The van der Waals surface area contributed by atoms with Crippen molar-refractivity contribution in [2.75, 3.05) is 5.32 Å². The van der Waals surface area contributed by atoms with E-state index in [-0.39, 0.29) is 23.8 Å². The Morgan fingerprint density at radius 1 is 1.09 bits per heavy atom. The fourth-order valence-corrected chi connectivity index (χ4v) is 3.62. The second kappa shape index (κ2) is 8.36. The fourth-order valence-electron chi connectivity index (χ4n) is 3.50. The van der Waals surface area contributed by atoms with Crippen LogP contribution >= 0.6 is 11.6 Å². The highest BCUT2D eigenvalue weighted by Gasteiger charge is 2.17. The maximum absolute atomic E-state index is 12.8. The standard InChI is InChI=1S/C23H18ClN7O2/c1-14-11-19(26-20(32)12-15-5-3-2-4-6-15)31(29-14)23-27-21-18(22(33)28-23)13-25-30(21)17-9-7-16(24)8-10-17/h2-11,13H,12H2,1H3,(H,26,32)(H,27,28,33). The average molecular weight is 460 g/mol. The number of benzene rings is 2. The number of hydrogen-bond acceptors (Lipinski definition) is 5. The second-order valence-corrected chi connectivity index (χ2v) is 7.89. The number of aromatic amines is 1. The predicted octanol–water partition coefficient (Wildman–Crippen LogP) is 3.44. The molecule has 0 radical (unpaired) electrons. The van der Waals surface area contributed by atoms with Crippen molar-refractivity contribution in [2.45, 2.75) is 13.3 Å². The van der Waals surface area contributed by atoms with Crippen molar-refractivity contribution in [1.82, 2.24) is 29.5 Å². The summed E-state index contributed by atoms with van der Waals surface area (Å²) < 4.78 is 2.95. The van der Waals surface area contributed by atoms with E-state index in [1.165, 1.54) is 10.9 Å². The highest BCUT2D eigenvalue weighted by molar-refractivity contribution is 6.30. The lowest BCUT2D eigenvalue weighted by molar-refractivity contribution is -0.115. The monoisotopic (exact) mass is 459 g/mol. The first-order valence-corrected chi connectivity index (χ1v) is 10.5. The summed E-state index contributed by atoms with van der Waals surface area (Å²) in [6.45, 7) is 1.79. The lowest BCUT2D eigenvalue weighted by atomic mass is 10.1. The molecule has 5 aromatic rings. The van der Waals surface area contributed by atoms with E-state index < -0.39 is 0 Å². The zero-order chi connectivity index (χ0) is 22.9. The quantitative estimate of drug-likeness (QED) is 0.418. The summed E-state index contributed by atoms with van der Waals surface area (Å²) in [5.74, 6) is 0.344. The number of halogens is 1. The molecule has 9 nitrogen and oxygen atoms in total. The van der Waals surface area contributed by atoms with E-state index in [4.69, 9.17) is 11.6 Å². The van der Waals surface area contributed by atoms with Crippen LogP contribution in [0.5, 0.6) is 0 Å². The van der Waals surface area contributed by atoms with Gasteiger partial charge in [0.25, 0.3) is 5.56 Å². The van der Waals surface area contributed by atoms with Gasteiger partial charge in [0.2, 0.25) is 11.9 Å². The molecule has 0 fully saturated rings. The Bertz CT molecular complexity index is 1520. The van der Waals surface area contributed by atoms with Crippen molar-refractivity contribution in [3.8, 4) is 11.6 Å². The minimum absolute atomic E-state index is 0.159. The van der Waals surface area contributed by atoms with Crippen molar-refractivity contribution >= 4 is 34.4 Å². The lowest BCUT2D eigenvalue weighted by Crippen LogP contribution is -2.20. The smallest absolute Gasteiger partial charge is 0.263 e. The highest BCUT2D eigenvalue weighted by atomic mass is 35.5. The minimum atomic E-state index is -0.370. The van der Waals surface area contributed by atoms with E-state index in [2.05, 4.69) is 25.5 Å². The summed E-state index contributed by atoms with van der Waals surface area (Å²) in [6, 6.07) is 18.2. The van der Waals surface area contributed by atoms with Crippen LogP contribution in [0.25, 0.3) is 22.7 Å². The Kier molecular flexibility index (Phi) is 5.23. The van der Waals surface area contributed by atoms with Gasteiger partial charge < -0.3 is 5.32 Å². The van der Waals surface area contributed by atoms with E-state index in [9.17, 15) is 9.59 Å². The number of nitrogens with one attached hydrogen (secondary N) is 2. The molecule has 0 saturated heterocycles. The molecule has 0 aliphatic rings. The van der Waals surface area contributed by atoms with Gasteiger partial charge in [-0.05, 0) is 36.8 Å². The normalized spacial score (nSPS) is 11.1. The number of nitrogens with zero attached hydrogens (tertiary/aromatic N) is 5. The van der Waals surface area contributed by atoms with Gasteiger partial charge in [0, 0.05) is 11.1 Å². The van der Waals surface area contributed by atoms with Crippen LogP contribution in [0.1, 0.15) is 11.3 Å². The number of carbonyl (C=O) groups is 1. The molecule has 0 aliphatic heterocycles. The average Bonchev–Trinajstić information content (AvgIpc) is 3.38. The molecule has 0 aliphatic carbocycles. The molecule has 0 unspecified atom stereocenters. The van der Waals surface area contributed by atoms with Crippen molar-refractivity contribution < 1.29 is 4.79 Å². The van der Waals surface area contributed by atoms with E-state index >= 15 is 0 Å². The van der Waals surface area contributed by atoms with Gasteiger partial charge in [-0.2, -0.15) is 19.9 Å². The number of amides is 1. The van der Waals surface area contributed by atoms with Gasteiger partial charge in [-0.1, -0.05) is 41.9 Å². The van der Waals surface area contributed by atoms with Crippen molar-refractivity contribution in [3.63, 3.8) is 0 Å². The maximum Gasteiger partial charge on any atom is 0.263 e. The first kappa shape index (κ1) is 20.7. The third-order valence-corrected chi connectivity index (χ3v) is 5.26. The van der Waals surface area contributed by atoms with Crippen LogP contribution < -0.4 is 10.9 Å². The number of aromatic nitrogens is 6. The van der Waals surface area contributed by atoms with Crippen LogP contribution in [-0.4, -0.2) is 35.4 Å².